The number of amides is 3. The molecule has 3 rings (SSSR count). The lowest BCUT2D eigenvalue weighted by molar-refractivity contribution is -0.118. The summed E-state index contributed by atoms with van der Waals surface area (Å²) in [6.45, 7) is 2.92. The molecular formula is C18H27N3O6S. The van der Waals surface area contributed by atoms with E-state index < -0.39 is 16.1 Å². The Kier molecular flexibility index (Phi) is 6.61. The second-order valence-corrected chi connectivity index (χ2v) is 9.31. The fourth-order valence-corrected chi connectivity index (χ4v) is 4.31. The first-order chi connectivity index (χ1) is 13.3. The largest absolute Gasteiger partial charge is 0.490 e. The molecule has 10 heteroatoms. The maximum absolute atomic E-state index is 12.3. The monoisotopic (exact) mass is 413 g/mol. The van der Waals surface area contributed by atoms with Crippen molar-refractivity contribution in [1.29, 1.82) is 0 Å². The van der Waals surface area contributed by atoms with E-state index in [0.29, 0.717) is 49.8 Å². The third-order valence-corrected chi connectivity index (χ3v) is 6.31. The molecule has 28 heavy (non-hydrogen) atoms. The SMILES string of the molecule is CC(NS(=O)(=O)CCCCCN1CC(=O)NC1=O)c1cc(OCC2CC2)co1. The number of nitrogens with zero attached hydrogens (tertiary/aromatic N) is 1. The quantitative estimate of drug-likeness (QED) is 0.398. The van der Waals surface area contributed by atoms with E-state index in [4.69, 9.17) is 9.15 Å². The van der Waals surface area contributed by atoms with E-state index in [0.717, 1.165) is 0 Å². The van der Waals surface area contributed by atoms with E-state index in [1.165, 1.54) is 24.0 Å². The Morgan fingerprint density at radius 1 is 1.32 bits per heavy atom. The van der Waals surface area contributed by atoms with Gasteiger partial charge in [0.05, 0.1) is 18.4 Å². The number of urea groups is 1. The standard InChI is InChI=1S/C18H27N3O6S/c1-13(16-9-15(12-27-16)26-11-14-5-6-14)20-28(24,25)8-4-2-3-7-21-10-17(22)19-18(21)23/h9,12-14,20H,2-8,10-11H2,1H3,(H,19,22,23). The first-order valence-electron chi connectivity index (χ1n) is 9.62. The summed E-state index contributed by atoms with van der Waals surface area (Å²) in [5, 5.41) is 2.21. The van der Waals surface area contributed by atoms with Crippen LogP contribution in [0.3, 0.4) is 0 Å². The van der Waals surface area contributed by atoms with Crippen LogP contribution in [0, 0.1) is 5.92 Å². The van der Waals surface area contributed by atoms with Gasteiger partial charge in [-0.2, -0.15) is 0 Å². The molecule has 2 fully saturated rings. The number of unbranched alkanes of at least 4 members (excludes halogenated alkanes) is 2. The van der Waals surface area contributed by atoms with Crippen LogP contribution in [-0.2, 0) is 14.8 Å². The van der Waals surface area contributed by atoms with Crippen molar-refractivity contribution in [2.45, 2.75) is 45.1 Å². The van der Waals surface area contributed by atoms with Crippen molar-refractivity contribution < 1.29 is 27.2 Å². The maximum atomic E-state index is 12.3. The van der Waals surface area contributed by atoms with Gasteiger partial charge in [-0.05, 0) is 38.5 Å². The van der Waals surface area contributed by atoms with Crippen molar-refractivity contribution in [1.82, 2.24) is 14.9 Å². The summed E-state index contributed by atoms with van der Waals surface area (Å²) in [4.78, 5) is 23.9. The average Bonchev–Trinajstić information content (AvgIpc) is 3.23. The highest BCUT2D eigenvalue weighted by molar-refractivity contribution is 7.89. The molecule has 0 aromatic carbocycles. The van der Waals surface area contributed by atoms with Gasteiger partial charge >= 0.3 is 6.03 Å². The predicted octanol–water partition coefficient (Wildman–Crippen LogP) is 1.77. The second kappa shape index (κ2) is 8.95. The molecule has 1 atom stereocenters. The minimum absolute atomic E-state index is 0.00574. The molecule has 0 bridgehead atoms. The fourth-order valence-electron chi connectivity index (χ4n) is 2.96. The average molecular weight is 413 g/mol. The van der Waals surface area contributed by atoms with Gasteiger partial charge in [0.15, 0.2) is 5.75 Å². The predicted molar refractivity (Wildman–Crippen MR) is 101 cm³/mol. The number of imide groups is 1. The smallest absolute Gasteiger partial charge is 0.324 e. The Hall–Kier alpha value is -2.07. The summed E-state index contributed by atoms with van der Waals surface area (Å²) in [5.41, 5.74) is 0. The van der Waals surface area contributed by atoms with E-state index >= 15 is 0 Å². The van der Waals surface area contributed by atoms with Gasteiger partial charge < -0.3 is 14.1 Å². The lowest BCUT2D eigenvalue weighted by Crippen LogP contribution is -2.30. The van der Waals surface area contributed by atoms with Crippen LogP contribution in [-0.4, -0.2) is 50.7 Å². The van der Waals surface area contributed by atoms with Crippen LogP contribution in [0.4, 0.5) is 4.79 Å². The van der Waals surface area contributed by atoms with E-state index in [2.05, 4.69) is 10.0 Å². The molecule has 156 valence electrons. The van der Waals surface area contributed by atoms with Crippen molar-refractivity contribution in [3.05, 3.63) is 18.1 Å². The molecule has 2 heterocycles. The Balaban J connectivity index is 1.34. The Bertz CT molecular complexity index is 802. The van der Waals surface area contributed by atoms with Gasteiger partial charge in [-0.15, -0.1) is 0 Å². The van der Waals surface area contributed by atoms with Crippen LogP contribution in [0.1, 0.15) is 50.8 Å². The van der Waals surface area contributed by atoms with Crippen molar-refractivity contribution in [2.75, 3.05) is 25.4 Å². The maximum Gasteiger partial charge on any atom is 0.324 e. The second-order valence-electron chi connectivity index (χ2n) is 7.43. The molecule has 1 aromatic rings. The highest BCUT2D eigenvalue weighted by Gasteiger charge is 2.26. The molecule has 9 nitrogen and oxygen atoms in total. The number of carbonyl (C=O) groups excluding carboxylic acids is 2. The fraction of sp³-hybridized carbons (Fsp3) is 0.667. The van der Waals surface area contributed by atoms with Gasteiger partial charge in [-0.3, -0.25) is 10.1 Å². The molecule has 0 spiro atoms. The number of hydrogen-bond acceptors (Lipinski definition) is 6. The number of nitrogens with one attached hydrogen (secondary N) is 2. The highest BCUT2D eigenvalue weighted by atomic mass is 32.2. The molecule has 1 aliphatic carbocycles. The molecule has 1 aliphatic heterocycles. The molecule has 1 aromatic heterocycles. The summed E-state index contributed by atoms with van der Waals surface area (Å²) in [7, 11) is -3.45. The summed E-state index contributed by atoms with van der Waals surface area (Å²) in [5.74, 6) is 1.46. The van der Waals surface area contributed by atoms with Gasteiger partial charge in [0, 0.05) is 12.6 Å². The molecule has 2 aliphatic rings. The Morgan fingerprint density at radius 2 is 2.11 bits per heavy atom. The summed E-state index contributed by atoms with van der Waals surface area (Å²) >= 11 is 0. The van der Waals surface area contributed by atoms with Crippen molar-refractivity contribution in [2.24, 2.45) is 5.92 Å². The van der Waals surface area contributed by atoms with Crippen LogP contribution < -0.4 is 14.8 Å². The normalized spacial score (nSPS) is 18.4. The molecule has 1 unspecified atom stereocenters. The molecular weight excluding hydrogens is 386 g/mol. The summed E-state index contributed by atoms with van der Waals surface area (Å²) in [6, 6.07) is 0.854. The zero-order chi connectivity index (χ0) is 20.1. The first kappa shape index (κ1) is 20.7. The van der Waals surface area contributed by atoms with E-state index in [1.54, 1.807) is 13.0 Å². The van der Waals surface area contributed by atoms with Gasteiger partial charge in [0.2, 0.25) is 15.9 Å². The number of carbonyl (C=O) groups is 2. The molecule has 3 amide bonds. The molecule has 0 radical (unpaired) electrons. The Labute approximate surface area is 164 Å². The van der Waals surface area contributed by atoms with E-state index in [1.807, 2.05) is 0 Å². The van der Waals surface area contributed by atoms with Crippen LogP contribution in [0.5, 0.6) is 5.75 Å². The van der Waals surface area contributed by atoms with Crippen LogP contribution in [0.15, 0.2) is 16.7 Å². The zero-order valence-electron chi connectivity index (χ0n) is 16.0. The lowest BCUT2D eigenvalue weighted by atomic mass is 10.2. The van der Waals surface area contributed by atoms with Gasteiger partial charge in [0.25, 0.3) is 0 Å². The number of sulfonamides is 1. The van der Waals surface area contributed by atoms with Gasteiger partial charge in [-0.1, -0.05) is 6.42 Å². The van der Waals surface area contributed by atoms with Gasteiger partial charge in [-0.25, -0.2) is 17.9 Å². The van der Waals surface area contributed by atoms with Crippen LogP contribution in [0.2, 0.25) is 0 Å². The minimum atomic E-state index is -3.45. The third kappa shape index (κ3) is 6.23. The van der Waals surface area contributed by atoms with Gasteiger partial charge in [0.1, 0.15) is 18.6 Å². The number of hydrogen-bond donors (Lipinski definition) is 2. The Morgan fingerprint density at radius 3 is 2.79 bits per heavy atom. The summed E-state index contributed by atoms with van der Waals surface area (Å²) in [6.07, 6.45) is 5.66. The number of ether oxygens (including phenoxy) is 1. The number of rotatable bonds is 12. The van der Waals surface area contributed by atoms with Crippen LogP contribution >= 0.6 is 0 Å². The van der Waals surface area contributed by atoms with Crippen molar-refractivity contribution in [3.8, 4) is 5.75 Å². The number of furan rings is 1. The molecule has 1 saturated heterocycles. The topological polar surface area (TPSA) is 118 Å². The van der Waals surface area contributed by atoms with E-state index in [9.17, 15) is 18.0 Å². The van der Waals surface area contributed by atoms with E-state index in [-0.39, 0.29) is 24.2 Å². The van der Waals surface area contributed by atoms with Crippen molar-refractivity contribution >= 4 is 22.0 Å². The summed E-state index contributed by atoms with van der Waals surface area (Å²) < 4.78 is 38.2. The highest BCUT2D eigenvalue weighted by Crippen LogP contribution is 2.30. The van der Waals surface area contributed by atoms with Crippen molar-refractivity contribution in [3.63, 3.8) is 0 Å². The lowest BCUT2D eigenvalue weighted by Gasteiger charge is -2.13. The molecule has 1 saturated carbocycles. The molecule has 2 N–H and O–H groups in total. The van der Waals surface area contributed by atoms with Crippen LogP contribution in [0.25, 0.3) is 0 Å². The zero-order valence-corrected chi connectivity index (χ0v) is 16.8. The third-order valence-electron chi connectivity index (χ3n) is 4.77. The first-order valence-corrected chi connectivity index (χ1v) is 11.3. The minimum Gasteiger partial charge on any atom is -0.490 e.